The van der Waals surface area contributed by atoms with Crippen LogP contribution in [-0.2, 0) is 5.88 Å². The van der Waals surface area contributed by atoms with Gasteiger partial charge in [-0.2, -0.15) is 0 Å². The van der Waals surface area contributed by atoms with E-state index in [-0.39, 0.29) is 5.91 Å². The van der Waals surface area contributed by atoms with Gasteiger partial charge in [0.2, 0.25) is 0 Å². The summed E-state index contributed by atoms with van der Waals surface area (Å²) in [4.78, 5) is 16.5. The van der Waals surface area contributed by atoms with Gasteiger partial charge >= 0.3 is 0 Å². The molecule has 4 heteroatoms. The Morgan fingerprint density at radius 2 is 1.90 bits per heavy atom. The van der Waals surface area contributed by atoms with Crippen molar-refractivity contribution in [2.24, 2.45) is 0 Å². The molecule has 0 aliphatic rings. The smallest absolute Gasteiger partial charge is 0.256 e. The van der Waals surface area contributed by atoms with Crippen LogP contribution >= 0.6 is 11.6 Å². The molecule has 104 valence electrons. The first kappa shape index (κ1) is 13.6. The van der Waals surface area contributed by atoms with Gasteiger partial charge < -0.3 is 5.32 Å². The van der Waals surface area contributed by atoms with E-state index < -0.39 is 0 Å². The Labute approximate surface area is 127 Å². The quantitative estimate of drug-likeness (QED) is 0.735. The van der Waals surface area contributed by atoms with Crippen LogP contribution in [0.1, 0.15) is 15.9 Å². The van der Waals surface area contributed by atoms with Gasteiger partial charge in [0, 0.05) is 23.0 Å². The van der Waals surface area contributed by atoms with Crippen molar-refractivity contribution >= 4 is 34.1 Å². The second-order valence-corrected chi connectivity index (χ2v) is 4.94. The van der Waals surface area contributed by atoms with E-state index in [0.29, 0.717) is 17.3 Å². The Morgan fingerprint density at radius 1 is 1.10 bits per heavy atom. The lowest BCUT2D eigenvalue weighted by Crippen LogP contribution is -2.13. The highest BCUT2D eigenvalue weighted by atomic mass is 35.5. The molecule has 0 aliphatic heterocycles. The third-order valence-electron chi connectivity index (χ3n) is 3.25. The minimum absolute atomic E-state index is 0.174. The van der Waals surface area contributed by atoms with E-state index in [1.165, 1.54) is 0 Å². The zero-order valence-electron chi connectivity index (χ0n) is 11.2. The van der Waals surface area contributed by atoms with Crippen molar-refractivity contribution in [3.63, 3.8) is 0 Å². The van der Waals surface area contributed by atoms with Crippen LogP contribution in [0.3, 0.4) is 0 Å². The molecule has 3 aromatic rings. The number of nitrogens with one attached hydrogen (secondary N) is 1. The predicted molar refractivity (Wildman–Crippen MR) is 85.7 cm³/mol. The maximum Gasteiger partial charge on any atom is 0.256 e. The molecule has 0 spiro atoms. The van der Waals surface area contributed by atoms with Crippen LogP contribution in [0.5, 0.6) is 0 Å². The molecule has 0 bridgehead atoms. The van der Waals surface area contributed by atoms with Gasteiger partial charge in [-0.1, -0.05) is 30.3 Å². The molecule has 0 unspecified atom stereocenters. The first-order valence-corrected chi connectivity index (χ1v) is 7.11. The van der Waals surface area contributed by atoms with E-state index in [1.54, 1.807) is 18.3 Å². The number of hydrogen-bond acceptors (Lipinski definition) is 2. The molecule has 1 N–H and O–H groups in total. The largest absolute Gasteiger partial charge is 0.306 e. The molecule has 3 rings (SSSR count). The number of carbonyl (C=O) groups is 1. The average Bonchev–Trinajstić information content (AvgIpc) is 2.55. The number of halogens is 1. The number of pyridine rings is 1. The highest BCUT2D eigenvalue weighted by Gasteiger charge is 2.09. The molecule has 2 aromatic carbocycles. The first-order valence-electron chi connectivity index (χ1n) is 6.58. The SMILES string of the molecule is O=C(Nc1nccc2ccc(CCl)cc12)c1ccccc1. The third kappa shape index (κ3) is 2.88. The topological polar surface area (TPSA) is 42.0 Å². The average molecular weight is 297 g/mol. The van der Waals surface area contributed by atoms with Crippen LogP contribution in [0.2, 0.25) is 0 Å². The number of alkyl halides is 1. The molecule has 3 nitrogen and oxygen atoms in total. The van der Waals surface area contributed by atoms with Crippen LogP contribution in [0, 0.1) is 0 Å². The summed E-state index contributed by atoms with van der Waals surface area (Å²) in [5.41, 5.74) is 1.59. The second-order valence-electron chi connectivity index (χ2n) is 4.67. The van der Waals surface area contributed by atoms with Crippen molar-refractivity contribution < 1.29 is 4.79 Å². The minimum Gasteiger partial charge on any atom is -0.306 e. The number of rotatable bonds is 3. The van der Waals surface area contributed by atoms with E-state index in [9.17, 15) is 4.79 Å². The Kier molecular flexibility index (Phi) is 3.84. The predicted octanol–water partition coefficient (Wildman–Crippen LogP) is 4.23. The van der Waals surface area contributed by atoms with E-state index in [1.807, 2.05) is 42.5 Å². The van der Waals surface area contributed by atoms with Crippen molar-refractivity contribution in [1.29, 1.82) is 0 Å². The zero-order valence-corrected chi connectivity index (χ0v) is 12.0. The molecule has 0 radical (unpaired) electrons. The zero-order chi connectivity index (χ0) is 14.7. The van der Waals surface area contributed by atoms with Crippen LogP contribution < -0.4 is 5.32 Å². The Balaban J connectivity index is 1.98. The first-order chi connectivity index (χ1) is 10.3. The molecule has 0 saturated carbocycles. The van der Waals surface area contributed by atoms with Crippen LogP contribution in [0.4, 0.5) is 5.82 Å². The Hall–Kier alpha value is -2.39. The summed E-state index contributed by atoms with van der Waals surface area (Å²) in [6, 6.07) is 16.9. The van der Waals surface area contributed by atoms with Gasteiger partial charge in [-0.25, -0.2) is 4.98 Å². The molecule has 1 aromatic heterocycles. The molecule has 0 aliphatic carbocycles. The number of nitrogens with zero attached hydrogens (tertiary/aromatic N) is 1. The van der Waals surface area contributed by atoms with Crippen molar-refractivity contribution in [3.8, 4) is 0 Å². The fraction of sp³-hybridized carbons (Fsp3) is 0.0588. The number of benzene rings is 2. The summed E-state index contributed by atoms with van der Waals surface area (Å²) in [5, 5.41) is 4.76. The van der Waals surface area contributed by atoms with Gasteiger partial charge in [0.15, 0.2) is 0 Å². The molecule has 1 heterocycles. The normalized spacial score (nSPS) is 10.5. The monoisotopic (exact) mass is 296 g/mol. The molecule has 21 heavy (non-hydrogen) atoms. The summed E-state index contributed by atoms with van der Waals surface area (Å²) >= 11 is 5.87. The number of carbonyl (C=O) groups excluding carboxylic acids is 1. The fourth-order valence-electron chi connectivity index (χ4n) is 2.17. The lowest BCUT2D eigenvalue weighted by atomic mass is 10.1. The van der Waals surface area contributed by atoms with Gasteiger partial charge in [0.25, 0.3) is 5.91 Å². The van der Waals surface area contributed by atoms with Gasteiger partial charge in [0.1, 0.15) is 5.82 Å². The fourth-order valence-corrected chi connectivity index (χ4v) is 2.33. The summed E-state index contributed by atoms with van der Waals surface area (Å²) in [7, 11) is 0. The van der Waals surface area contributed by atoms with Crippen molar-refractivity contribution in [2.45, 2.75) is 5.88 Å². The molecule has 1 amide bonds. The standard InChI is InChI=1S/C17H13ClN2O/c18-11-12-6-7-13-8-9-19-16(15(13)10-12)20-17(21)14-4-2-1-3-5-14/h1-10H,11H2,(H,19,20,21). The van der Waals surface area contributed by atoms with Gasteiger partial charge in [-0.3, -0.25) is 4.79 Å². The summed E-state index contributed by atoms with van der Waals surface area (Å²) in [5.74, 6) is 0.803. The molecular formula is C17H13ClN2O. The second kappa shape index (κ2) is 5.94. The van der Waals surface area contributed by atoms with E-state index in [2.05, 4.69) is 10.3 Å². The molecule has 0 fully saturated rings. The third-order valence-corrected chi connectivity index (χ3v) is 3.56. The van der Waals surface area contributed by atoms with Crippen LogP contribution in [0.25, 0.3) is 10.8 Å². The molecule has 0 saturated heterocycles. The highest BCUT2D eigenvalue weighted by Crippen LogP contribution is 2.23. The number of aromatic nitrogens is 1. The van der Waals surface area contributed by atoms with Gasteiger partial charge in [0.05, 0.1) is 0 Å². The maximum atomic E-state index is 12.2. The number of hydrogen-bond donors (Lipinski definition) is 1. The lowest BCUT2D eigenvalue weighted by Gasteiger charge is -2.08. The van der Waals surface area contributed by atoms with Gasteiger partial charge in [-0.05, 0) is 35.2 Å². The van der Waals surface area contributed by atoms with E-state index in [4.69, 9.17) is 11.6 Å². The maximum absolute atomic E-state index is 12.2. The van der Waals surface area contributed by atoms with E-state index in [0.717, 1.165) is 16.3 Å². The van der Waals surface area contributed by atoms with Crippen molar-refractivity contribution in [1.82, 2.24) is 4.98 Å². The number of anilines is 1. The minimum atomic E-state index is -0.174. The lowest BCUT2D eigenvalue weighted by molar-refractivity contribution is 0.102. The number of amides is 1. The molecule has 0 atom stereocenters. The van der Waals surface area contributed by atoms with E-state index >= 15 is 0 Å². The molecular weight excluding hydrogens is 284 g/mol. The highest BCUT2D eigenvalue weighted by molar-refractivity contribution is 6.17. The Morgan fingerprint density at radius 3 is 2.67 bits per heavy atom. The van der Waals surface area contributed by atoms with Crippen LogP contribution in [0.15, 0.2) is 60.8 Å². The summed E-state index contributed by atoms with van der Waals surface area (Å²) in [6.45, 7) is 0. The Bertz CT molecular complexity index is 787. The summed E-state index contributed by atoms with van der Waals surface area (Å²) < 4.78 is 0. The van der Waals surface area contributed by atoms with Crippen molar-refractivity contribution in [2.75, 3.05) is 5.32 Å². The summed E-state index contributed by atoms with van der Waals surface area (Å²) in [6.07, 6.45) is 1.68. The number of fused-ring (bicyclic) bond motifs is 1. The van der Waals surface area contributed by atoms with Crippen LogP contribution in [-0.4, -0.2) is 10.9 Å². The van der Waals surface area contributed by atoms with Gasteiger partial charge in [-0.15, -0.1) is 11.6 Å². The van der Waals surface area contributed by atoms with Crippen molar-refractivity contribution in [3.05, 3.63) is 71.9 Å².